The van der Waals surface area contributed by atoms with E-state index in [1.807, 2.05) is 35.2 Å². The number of hydrogen-bond acceptors (Lipinski definition) is 3. The summed E-state index contributed by atoms with van der Waals surface area (Å²) < 4.78 is 13.7. The lowest BCUT2D eigenvalue weighted by Crippen LogP contribution is -2.50. The Morgan fingerprint density at radius 2 is 1.56 bits per heavy atom. The van der Waals surface area contributed by atoms with Crippen molar-refractivity contribution < 1.29 is 14.0 Å². The maximum Gasteiger partial charge on any atom is 0.256 e. The van der Waals surface area contributed by atoms with E-state index >= 15 is 0 Å². The average Bonchev–Trinajstić information content (AvgIpc) is 2.63. The summed E-state index contributed by atoms with van der Waals surface area (Å²) in [5, 5.41) is 2.85. The monoisotopic (exact) mass is 341 g/mol. The van der Waals surface area contributed by atoms with Crippen molar-refractivity contribution in [3.63, 3.8) is 0 Å². The predicted octanol–water partition coefficient (Wildman–Crippen LogP) is 2.22. The van der Waals surface area contributed by atoms with E-state index in [0.717, 1.165) is 5.69 Å². The number of halogens is 1. The lowest BCUT2D eigenvalue weighted by molar-refractivity contribution is -0.117. The Morgan fingerprint density at radius 1 is 0.920 bits per heavy atom. The van der Waals surface area contributed by atoms with Crippen molar-refractivity contribution in [1.29, 1.82) is 0 Å². The maximum atomic E-state index is 13.7. The van der Waals surface area contributed by atoms with Crippen LogP contribution in [0.3, 0.4) is 0 Å². The summed E-state index contributed by atoms with van der Waals surface area (Å²) in [5.74, 6) is -0.885. The van der Waals surface area contributed by atoms with Gasteiger partial charge in [-0.1, -0.05) is 30.3 Å². The highest BCUT2D eigenvalue weighted by atomic mass is 19.1. The zero-order valence-electron chi connectivity index (χ0n) is 13.8. The third-order valence-electron chi connectivity index (χ3n) is 4.19. The molecule has 1 saturated heterocycles. The first-order chi connectivity index (χ1) is 12.1. The zero-order chi connectivity index (χ0) is 17.6. The van der Waals surface area contributed by atoms with Crippen LogP contribution in [0.4, 0.5) is 10.1 Å². The molecule has 1 fully saturated rings. The molecule has 0 radical (unpaired) electrons. The minimum atomic E-state index is -0.503. The molecule has 1 aliphatic rings. The molecule has 0 aromatic heterocycles. The van der Waals surface area contributed by atoms with Crippen molar-refractivity contribution >= 4 is 17.5 Å². The molecule has 3 rings (SSSR count). The van der Waals surface area contributed by atoms with Gasteiger partial charge in [-0.2, -0.15) is 0 Å². The highest BCUT2D eigenvalue weighted by molar-refractivity contribution is 5.94. The Labute approximate surface area is 146 Å². The third-order valence-corrected chi connectivity index (χ3v) is 4.19. The molecule has 0 atom stereocenters. The number of amides is 2. The smallest absolute Gasteiger partial charge is 0.256 e. The van der Waals surface area contributed by atoms with Gasteiger partial charge in [0.2, 0.25) is 5.91 Å². The van der Waals surface area contributed by atoms with Gasteiger partial charge in [0.25, 0.3) is 5.91 Å². The fourth-order valence-electron chi connectivity index (χ4n) is 2.84. The van der Waals surface area contributed by atoms with Crippen LogP contribution in [0, 0.1) is 5.82 Å². The van der Waals surface area contributed by atoms with Gasteiger partial charge >= 0.3 is 0 Å². The van der Waals surface area contributed by atoms with E-state index in [2.05, 4.69) is 5.32 Å². The van der Waals surface area contributed by atoms with Gasteiger partial charge in [-0.15, -0.1) is 0 Å². The van der Waals surface area contributed by atoms with Gasteiger partial charge in [-0.25, -0.2) is 4.39 Å². The van der Waals surface area contributed by atoms with Crippen LogP contribution in [-0.2, 0) is 4.79 Å². The van der Waals surface area contributed by atoms with Crippen molar-refractivity contribution in [2.45, 2.75) is 0 Å². The second kappa shape index (κ2) is 7.90. The highest BCUT2D eigenvalue weighted by Gasteiger charge is 2.24. The first-order valence-corrected chi connectivity index (χ1v) is 8.24. The normalized spacial score (nSPS) is 15.0. The van der Waals surface area contributed by atoms with Crippen LogP contribution in [0.15, 0.2) is 54.6 Å². The van der Waals surface area contributed by atoms with Gasteiger partial charge in [-0.05, 0) is 24.3 Å². The van der Waals surface area contributed by atoms with Gasteiger partial charge in [0.15, 0.2) is 0 Å². The molecule has 5 nitrogen and oxygen atoms in total. The van der Waals surface area contributed by atoms with Crippen LogP contribution in [0.25, 0.3) is 0 Å². The molecule has 0 saturated carbocycles. The second-order valence-electron chi connectivity index (χ2n) is 5.96. The van der Waals surface area contributed by atoms with E-state index < -0.39 is 5.82 Å². The SMILES string of the molecule is O=C(CN1CCN(C(=O)c2ccccc2F)CC1)Nc1ccccc1. The van der Waals surface area contributed by atoms with Gasteiger partial charge < -0.3 is 10.2 Å². The Balaban J connectivity index is 1.49. The average molecular weight is 341 g/mol. The van der Waals surface area contributed by atoms with Crippen LogP contribution < -0.4 is 5.32 Å². The molecule has 0 unspecified atom stereocenters. The van der Waals surface area contributed by atoms with Crippen molar-refractivity contribution in [3.8, 4) is 0 Å². The van der Waals surface area contributed by atoms with Crippen molar-refractivity contribution in [2.75, 3.05) is 38.0 Å². The molecular weight excluding hydrogens is 321 g/mol. The zero-order valence-corrected chi connectivity index (χ0v) is 13.8. The molecular formula is C19H20FN3O2. The number of carbonyl (C=O) groups excluding carboxylic acids is 2. The molecule has 2 aromatic rings. The van der Waals surface area contributed by atoms with E-state index in [-0.39, 0.29) is 23.9 Å². The topological polar surface area (TPSA) is 52.7 Å². The molecule has 1 heterocycles. The van der Waals surface area contributed by atoms with E-state index in [9.17, 15) is 14.0 Å². The number of nitrogens with zero attached hydrogens (tertiary/aromatic N) is 2. The number of nitrogens with one attached hydrogen (secondary N) is 1. The Bertz CT molecular complexity index is 743. The number of carbonyl (C=O) groups is 2. The summed E-state index contributed by atoms with van der Waals surface area (Å²) in [6.07, 6.45) is 0. The second-order valence-corrected chi connectivity index (χ2v) is 5.96. The highest BCUT2D eigenvalue weighted by Crippen LogP contribution is 2.12. The first-order valence-electron chi connectivity index (χ1n) is 8.24. The molecule has 0 spiro atoms. The number of hydrogen-bond donors (Lipinski definition) is 1. The van der Waals surface area contributed by atoms with E-state index in [4.69, 9.17) is 0 Å². The van der Waals surface area contributed by atoms with Crippen LogP contribution in [-0.4, -0.2) is 54.3 Å². The summed E-state index contributed by atoms with van der Waals surface area (Å²) in [6, 6.07) is 15.3. The maximum absolute atomic E-state index is 13.7. The van der Waals surface area contributed by atoms with E-state index in [0.29, 0.717) is 26.2 Å². The minimum absolute atomic E-state index is 0.0833. The fourth-order valence-corrected chi connectivity index (χ4v) is 2.84. The van der Waals surface area contributed by atoms with Crippen molar-refractivity contribution in [2.24, 2.45) is 0 Å². The van der Waals surface area contributed by atoms with E-state index in [1.165, 1.54) is 12.1 Å². The molecule has 1 N–H and O–H groups in total. The summed E-state index contributed by atoms with van der Waals surface area (Å²) in [4.78, 5) is 28.1. The molecule has 25 heavy (non-hydrogen) atoms. The summed E-state index contributed by atoms with van der Waals surface area (Å²) in [7, 11) is 0. The minimum Gasteiger partial charge on any atom is -0.336 e. The van der Waals surface area contributed by atoms with Crippen LogP contribution in [0.5, 0.6) is 0 Å². The van der Waals surface area contributed by atoms with Gasteiger partial charge in [0, 0.05) is 31.9 Å². The Hall–Kier alpha value is -2.73. The lowest BCUT2D eigenvalue weighted by Gasteiger charge is -2.34. The van der Waals surface area contributed by atoms with E-state index in [1.54, 1.807) is 17.0 Å². The summed E-state index contributed by atoms with van der Waals surface area (Å²) in [5.41, 5.74) is 0.860. The van der Waals surface area contributed by atoms with Crippen LogP contribution in [0.2, 0.25) is 0 Å². The quantitative estimate of drug-likeness (QED) is 0.928. The summed E-state index contributed by atoms with van der Waals surface area (Å²) in [6.45, 7) is 2.40. The molecule has 1 aliphatic heterocycles. The molecule has 0 aliphatic carbocycles. The van der Waals surface area contributed by atoms with Crippen molar-refractivity contribution in [1.82, 2.24) is 9.80 Å². The molecule has 0 bridgehead atoms. The van der Waals surface area contributed by atoms with Crippen molar-refractivity contribution in [3.05, 3.63) is 66.0 Å². The molecule has 2 aromatic carbocycles. The lowest BCUT2D eigenvalue weighted by atomic mass is 10.1. The number of rotatable bonds is 4. The van der Waals surface area contributed by atoms with Crippen LogP contribution in [0.1, 0.15) is 10.4 Å². The number of para-hydroxylation sites is 1. The third kappa shape index (κ3) is 4.42. The first kappa shape index (κ1) is 17.1. The number of anilines is 1. The van der Waals surface area contributed by atoms with Crippen LogP contribution >= 0.6 is 0 Å². The standard InChI is InChI=1S/C19H20FN3O2/c20-17-9-5-4-8-16(17)19(25)23-12-10-22(11-13-23)14-18(24)21-15-6-2-1-3-7-15/h1-9H,10-14H2,(H,21,24). The number of benzene rings is 2. The van der Waals surface area contributed by atoms with Gasteiger partial charge in [-0.3, -0.25) is 14.5 Å². The van der Waals surface area contributed by atoms with Gasteiger partial charge in [0.1, 0.15) is 5.82 Å². The Morgan fingerprint density at radius 3 is 2.24 bits per heavy atom. The summed E-state index contributed by atoms with van der Waals surface area (Å²) >= 11 is 0. The molecule has 6 heteroatoms. The Kier molecular flexibility index (Phi) is 5.40. The largest absolute Gasteiger partial charge is 0.336 e. The molecule has 130 valence electrons. The predicted molar refractivity (Wildman–Crippen MR) is 93.8 cm³/mol. The fraction of sp³-hybridized carbons (Fsp3) is 0.263. The molecule has 2 amide bonds. The number of piperazine rings is 1. The van der Waals surface area contributed by atoms with Gasteiger partial charge in [0.05, 0.1) is 12.1 Å².